The zero-order chi connectivity index (χ0) is 18.7. The maximum Gasteiger partial charge on any atom is 0.240 e. The molecule has 7 heteroatoms. The number of benzene rings is 2. The van der Waals surface area contributed by atoms with Crippen molar-refractivity contribution in [2.45, 2.75) is 25.2 Å². The van der Waals surface area contributed by atoms with E-state index in [1.54, 1.807) is 29.5 Å². The number of halogens is 1. The van der Waals surface area contributed by atoms with Gasteiger partial charge in [-0.05, 0) is 50.1 Å². The van der Waals surface area contributed by atoms with Crippen LogP contribution in [0, 0.1) is 13.8 Å². The number of sulfonamides is 1. The Morgan fingerprint density at radius 1 is 1.12 bits per heavy atom. The smallest absolute Gasteiger partial charge is 0.240 e. The van der Waals surface area contributed by atoms with E-state index in [9.17, 15) is 8.42 Å². The number of thiazole rings is 1. The minimum atomic E-state index is -3.50. The van der Waals surface area contributed by atoms with Crippen molar-refractivity contribution in [1.82, 2.24) is 9.71 Å². The maximum atomic E-state index is 12.4. The molecule has 0 aliphatic rings. The van der Waals surface area contributed by atoms with E-state index in [1.165, 1.54) is 0 Å². The summed E-state index contributed by atoms with van der Waals surface area (Å²) in [5.74, 6) is 0. The average molecular weight is 407 g/mol. The number of hydrogen-bond donors (Lipinski definition) is 1. The fourth-order valence-corrected chi connectivity index (χ4v) is 4.87. The molecule has 0 radical (unpaired) electrons. The fraction of sp³-hybridized carbons (Fsp3) is 0.211. The summed E-state index contributed by atoms with van der Waals surface area (Å²) in [6, 6.07) is 14.4. The van der Waals surface area contributed by atoms with Gasteiger partial charge in [0.25, 0.3) is 0 Å². The van der Waals surface area contributed by atoms with Gasteiger partial charge < -0.3 is 0 Å². The largest absolute Gasteiger partial charge is 0.241 e. The Labute approximate surface area is 162 Å². The topological polar surface area (TPSA) is 59.1 Å². The van der Waals surface area contributed by atoms with Crippen LogP contribution in [0.15, 0.2) is 53.4 Å². The van der Waals surface area contributed by atoms with Crippen LogP contribution in [0.1, 0.15) is 16.1 Å². The Kier molecular flexibility index (Phi) is 5.77. The molecule has 3 aromatic rings. The maximum absolute atomic E-state index is 12.4. The molecule has 0 amide bonds. The molecular formula is C19H19ClN2O2S2. The molecule has 4 nitrogen and oxygen atoms in total. The normalized spacial score (nSPS) is 11.7. The van der Waals surface area contributed by atoms with E-state index in [0.29, 0.717) is 22.9 Å². The first kappa shape index (κ1) is 19.0. The Morgan fingerprint density at radius 2 is 1.85 bits per heavy atom. The SMILES string of the molecule is Cc1cccc(S(=O)(=O)NCCc2sc(-c3ccc(Cl)cc3)nc2C)c1. The predicted molar refractivity (Wildman–Crippen MR) is 107 cm³/mol. The number of nitrogens with one attached hydrogen (secondary N) is 1. The molecule has 0 unspecified atom stereocenters. The Bertz CT molecular complexity index is 1010. The molecule has 0 aliphatic heterocycles. The van der Waals surface area contributed by atoms with Crippen LogP contribution >= 0.6 is 22.9 Å². The van der Waals surface area contributed by atoms with E-state index in [4.69, 9.17) is 11.6 Å². The van der Waals surface area contributed by atoms with Crippen LogP contribution in [0.5, 0.6) is 0 Å². The average Bonchev–Trinajstić information content (AvgIpc) is 2.96. The first-order valence-electron chi connectivity index (χ1n) is 8.14. The van der Waals surface area contributed by atoms with Gasteiger partial charge in [-0.15, -0.1) is 11.3 Å². The van der Waals surface area contributed by atoms with Gasteiger partial charge in [0.05, 0.1) is 10.6 Å². The number of rotatable bonds is 6. The van der Waals surface area contributed by atoms with Crippen molar-refractivity contribution in [3.63, 3.8) is 0 Å². The Hall–Kier alpha value is -1.73. The lowest BCUT2D eigenvalue weighted by atomic mass is 10.2. The van der Waals surface area contributed by atoms with Crippen LogP contribution in [-0.2, 0) is 16.4 Å². The van der Waals surface area contributed by atoms with Gasteiger partial charge in [0, 0.05) is 22.0 Å². The molecule has 0 fully saturated rings. The first-order chi connectivity index (χ1) is 12.3. The van der Waals surface area contributed by atoms with Crippen molar-refractivity contribution >= 4 is 33.0 Å². The molecule has 1 N–H and O–H groups in total. The predicted octanol–water partition coefficient (Wildman–Crippen LogP) is 4.60. The van der Waals surface area contributed by atoms with Gasteiger partial charge in [-0.3, -0.25) is 0 Å². The molecule has 1 heterocycles. The minimum Gasteiger partial charge on any atom is -0.241 e. The highest BCUT2D eigenvalue weighted by Crippen LogP contribution is 2.29. The first-order valence-corrected chi connectivity index (χ1v) is 10.8. The lowest BCUT2D eigenvalue weighted by Crippen LogP contribution is -2.26. The highest BCUT2D eigenvalue weighted by molar-refractivity contribution is 7.89. The highest BCUT2D eigenvalue weighted by atomic mass is 35.5. The molecule has 0 bridgehead atoms. The third-order valence-corrected chi connectivity index (χ3v) is 6.90. The molecule has 26 heavy (non-hydrogen) atoms. The third-order valence-electron chi connectivity index (χ3n) is 3.93. The standard InChI is InChI=1S/C19H19ClN2O2S2/c1-13-4-3-5-17(12-13)26(23,24)21-11-10-18-14(2)22-19(25-18)15-6-8-16(20)9-7-15/h3-9,12,21H,10-11H2,1-2H3. The summed E-state index contributed by atoms with van der Waals surface area (Å²) in [7, 11) is -3.50. The van der Waals surface area contributed by atoms with E-state index in [2.05, 4.69) is 9.71 Å². The van der Waals surface area contributed by atoms with Crippen LogP contribution < -0.4 is 4.72 Å². The molecule has 2 aromatic carbocycles. The van der Waals surface area contributed by atoms with E-state index in [1.807, 2.05) is 44.2 Å². The quantitative estimate of drug-likeness (QED) is 0.650. The van der Waals surface area contributed by atoms with E-state index in [-0.39, 0.29) is 0 Å². The van der Waals surface area contributed by atoms with Crippen molar-refractivity contribution in [3.8, 4) is 10.6 Å². The highest BCUT2D eigenvalue weighted by Gasteiger charge is 2.15. The second-order valence-electron chi connectivity index (χ2n) is 6.00. The van der Waals surface area contributed by atoms with Gasteiger partial charge in [0.1, 0.15) is 5.01 Å². The molecule has 3 rings (SSSR count). The lowest BCUT2D eigenvalue weighted by molar-refractivity contribution is 0.581. The van der Waals surface area contributed by atoms with Crippen LogP contribution in [0.25, 0.3) is 10.6 Å². The number of aryl methyl sites for hydroxylation is 2. The fourth-order valence-electron chi connectivity index (χ4n) is 2.54. The summed E-state index contributed by atoms with van der Waals surface area (Å²) in [5.41, 5.74) is 2.85. The second-order valence-corrected chi connectivity index (χ2v) is 9.29. The third kappa shape index (κ3) is 4.51. The molecule has 0 saturated heterocycles. The number of aromatic nitrogens is 1. The van der Waals surface area contributed by atoms with Crippen molar-refractivity contribution in [3.05, 3.63) is 69.7 Å². The molecule has 0 saturated carbocycles. The van der Waals surface area contributed by atoms with Crippen LogP contribution in [0.2, 0.25) is 5.02 Å². The van der Waals surface area contributed by atoms with Gasteiger partial charge in [0.15, 0.2) is 0 Å². The van der Waals surface area contributed by atoms with E-state index >= 15 is 0 Å². The van der Waals surface area contributed by atoms with E-state index in [0.717, 1.165) is 26.7 Å². The van der Waals surface area contributed by atoms with Crippen LogP contribution in [0.4, 0.5) is 0 Å². The van der Waals surface area contributed by atoms with Crippen molar-refractivity contribution in [1.29, 1.82) is 0 Å². The summed E-state index contributed by atoms with van der Waals surface area (Å²) < 4.78 is 27.4. The zero-order valence-corrected chi connectivity index (χ0v) is 16.9. The summed E-state index contributed by atoms with van der Waals surface area (Å²) in [6.07, 6.45) is 0.599. The Balaban J connectivity index is 1.68. The van der Waals surface area contributed by atoms with Gasteiger partial charge in [-0.1, -0.05) is 35.9 Å². The van der Waals surface area contributed by atoms with Crippen molar-refractivity contribution < 1.29 is 8.42 Å². The summed E-state index contributed by atoms with van der Waals surface area (Å²) >= 11 is 7.50. The summed E-state index contributed by atoms with van der Waals surface area (Å²) in [5, 5.41) is 1.60. The number of hydrogen-bond acceptors (Lipinski definition) is 4. The van der Waals surface area contributed by atoms with E-state index < -0.39 is 10.0 Å². The van der Waals surface area contributed by atoms with Gasteiger partial charge >= 0.3 is 0 Å². The molecule has 1 aromatic heterocycles. The molecule has 0 spiro atoms. The van der Waals surface area contributed by atoms with Crippen molar-refractivity contribution in [2.75, 3.05) is 6.54 Å². The monoisotopic (exact) mass is 406 g/mol. The summed E-state index contributed by atoms with van der Waals surface area (Å²) in [4.78, 5) is 5.96. The van der Waals surface area contributed by atoms with Gasteiger partial charge in [-0.2, -0.15) is 0 Å². The lowest BCUT2D eigenvalue weighted by Gasteiger charge is -2.07. The minimum absolute atomic E-state index is 0.292. The van der Waals surface area contributed by atoms with Gasteiger partial charge in [-0.25, -0.2) is 18.1 Å². The molecule has 0 atom stereocenters. The second kappa shape index (κ2) is 7.88. The zero-order valence-electron chi connectivity index (χ0n) is 14.5. The van der Waals surface area contributed by atoms with Crippen LogP contribution in [0.3, 0.4) is 0 Å². The molecular weight excluding hydrogens is 388 g/mol. The summed E-state index contributed by atoms with van der Waals surface area (Å²) in [6.45, 7) is 4.15. The number of nitrogens with zero attached hydrogens (tertiary/aromatic N) is 1. The van der Waals surface area contributed by atoms with Crippen LogP contribution in [-0.4, -0.2) is 19.9 Å². The molecule has 0 aliphatic carbocycles. The molecule has 136 valence electrons. The Morgan fingerprint density at radius 3 is 2.54 bits per heavy atom. The van der Waals surface area contributed by atoms with Crippen molar-refractivity contribution in [2.24, 2.45) is 0 Å². The van der Waals surface area contributed by atoms with Gasteiger partial charge in [0.2, 0.25) is 10.0 Å².